The Morgan fingerprint density at radius 3 is 2.76 bits per heavy atom. The number of aryl methyl sites for hydroxylation is 3. The van der Waals surface area contributed by atoms with Gasteiger partial charge in [0.25, 0.3) is 0 Å². The van der Waals surface area contributed by atoms with Crippen molar-refractivity contribution in [3.8, 4) is 0 Å². The van der Waals surface area contributed by atoms with E-state index in [1.807, 2.05) is 13.0 Å². The molecule has 112 valence electrons. The number of aromatic nitrogens is 1. The molecule has 1 aromatic heterocycles. The normalized spacial score (nSPS) is 10.6. The van der Waals surface area contributed by atoms with Gasteiger partial charge in [0.2, 0.25) is 5.91 Å². The molecule has 1 N–H and O–H groups in total. The minimum atomic E-state index is 0.135. The molecule has 0 fully saturated rings. The Labute approximate surface area is 130 Å². The fourth-order valence-electron chi connectivity index (χ4n) is 2.27. The zero-order chi connectivity index (χ0) is 15.1. The number of carbonyl (C=O) groups is 1. The average molecular weight is 302 g/mol. The minimum absolute atomic E-state index is 0.135. The van der Waals surface area contributed by atoms with E-state index in [1.165, 1.54) is 11.1 Å². The molecule has 0 radical (unpaired) electrons. The Bertz CT molecular complexity index is 592. The molecule has 0 aliphatic rings. The topological polar surface area (TPSA) is 42.0 Å². The molecular weight excluding hydrogens is 280 g/mol. The molecule has 0 atom stereocenters. The average Bonchev–Trinajstić information content (AvgIpc) is 2.87. The Morgan fingerprint density at radius 2 is 2.05 bits per heavy atom. The minimum Gasteiger partial charge on any atom is -0.356 e. The van der Waals surface area contributed by atoms with Crippen molar-refractivity contribution >= 4 is 17.2 Å². The van der Waals surface area contributed by atoms with Crippen LogP contribution in [0.5, 0.6) is 0 Å². The van der Waals surface area contributed by atoms with Crippen LogP contribution in [0.3, 0.4) is 0 Å². The first-order chi connectivity index (χ1) is 10.1. The summed E-state index contributed by atoms with van der Waals surface area (Å²) in [5.41, 5.74) is 3.71. The van der Waals surface area contributed by atoms with Crippen molar-refractivity contribution in [1.29, 1.82) is 0 Å². The van der Waals surface area contributed by atoms with Crippen LogP contribution in [0.4, 0.5) is 0 Å². The predicted molar refractivity (Wildman–Crippen MR) is 87.7 cm³/mol. The van der Waals surface area contributed by atoms with Gasteiger partial charge in [-0.1, -0.05) is 24.3 Å². The summed E-state index contributed by atoms with van der Waals surface area (Å²) in [5.74, 6) is 0.135. The van der Waals surface area contributed by atoms with Gasteiger partial charge in [0.1, 0.15) is 0 Å². The van der Waals surface area contributed by atoms with Gasteiger partial charge in [0.05, 0.1) is 10.7 Å². The quantitative estimate of drug-likeness (QED) is 0.851. The molecule has 0 unspecified atom stereocenters. The lowest BCUT2D eigenvalue weighted by Gasteiger charge is -2.06. The van der Waals surface area contributed by atoms with Crippen molar-refractivity contribution in [2.45, 2.75) is 39.5 Å². The van der Waals surface area contributed by atoms with Crippen LogP contribution in [0.25, 0.3) is 0 Å². The highest BCUT2D eigenvalue weighted by Crippen LogP contribution is 2.10. The number of carbonyl (C=O) groups excluding carboxylic acids is 1. The summed E-state index contributed by atoms with van der Waals surface area (Å²) in [6.45, 7) is 4.79. The van der Waals surface area contributed by atoms with Gasteiger partial charge >= 0.3 is 0 Å². The van der Waals surface area contributed by atoms with Crippen LogP contribution in [0.15, 0.2) is 29.6 Å². The molecule has 0 spiro atoms. The highest BCUT2D eigenvalue weighted by atomic mass is 32.1. The third-order valence-corrected chi connectivity index (χ3v) is 4.30. The number of nitrogens with one attached hydrogen (secondary N) is 1. The van der Waals surface area contributed by atoms with E-state index in [-0.39, 0.29) is 5.91 Å². The fourth-order valence-corrected chi connectivity index (χ4v) is 2.92. The Hall–Kier alpha value is -1.68. The summed E-state index contributed by atoms with van der Waals surface area (Å²) >= 11 is 1.65. The van der Waals surface area contributed by atoms with E-state index in [9.17, 15) is 4.79 Å². The molecule has 3 nitrogen and oxygen atoms in total. The van der Waals surface area contributed by atoms with Gasteiger partial charge in [0.15, 0.2) is 0 Å². The van der Waals surface area contributed by atoms with Gasteiger partial charge in [0, 0.05) is 24.8 Å². The second kappa shape index (κ2) is 7.93. The lowest BCUT2D eigenvalue weighted by molar-refractivity contribution is -0.121. The lowest BCUT2D eigenvalue weighted by atomic mass is 10.0. The van der Waals surface area contributed by atoms with E-state index in [0.717, 1.165) is 30.0 Å². The van der Waals surface area contributed by atoms with Gasteiger partial charge in [-0.2, -0.15) is 0 Å². The van der Waals surface area contributed by atoms with Crippen molar-refractivity contribution in [2.24, 2.45) is 0 Å². The SMILES string of the molecule is Cc1nc(CCNC(=O)CCCc2ccccc2C)cs1. The van der Waals surface area contributed by atoms with E-state index in [1.54, 1.807) is 11.3 Å². The highest BCUT2D eigenvalue weighted by Gasteiger charge is 2.04. The molecule has 0 saturated heterocycles. The number of hydrogen-bond acceptors (Lipinski definition) is 3. The van der Waals surface area contributed by atoms with E-state index in [4.69, 9.17) is 0 Å². The smallest absolute Gasteiger partial charge is 0.220 e. The molecule has 0 aliphatic carbocycles. The highest BCUT2D eigenvalue weighted by molar-refractivity contribution is 7.09. The van der Waals surface area contributed by atoms with Crippen molar-refractivity contribution in [1.82, 2.24) is 10.3 Å². The Balaban J connectivity index is 1.63. The number of rotatable bonds is 7. The molecule has 0 saturated carbocycles. The first kappa shape index (κ1) is 15.7. The largest absolute Gasteiger partial charge is 0.356 e. The number of nitrogens with zero attached hydrogens (tertiary/aromatic N) is 1. The second-order valence-electron chi connectivity index (χ2n) is 5.24. The summed E-state index contributed by atoms with van der Waals surface area (Å²) in [5, 5.41) is 6.10. The van der Waals surface area contributed by atoms with Crippen LogP contribution in [0, 0.1) is 13.8 Å². The molecule has 2 aromatic rings. The molecule has 1 amide bonds. The van der Waals surface area contributed by atoms with Crippen LogP contribution >= 0.6 is 11.3 Å². The standard InChI is InChI=1S/C17H22N2OS/c1-13-6-3-4-7-15(13)8-5-9-17(20)18-11-10-16-12-21-14(2)19-16/h3-4,6-7,12H,5,8-11H2,1-2H3,(H,18,20). The second-order valence-corrected chi connectivity index (χ2v) is 6.30. The van der Waals surface area contributed by atoms with Crippen molar-refractivity contribution in [3.63, 3.8) is 0 Å². The third-order valence-electron chi connectivity index (χ3n) is 3.48. The maximum Gasteiger partial charge on any atom is 0.220 e. The molecule has 0 bridgehead atoms. The number of amides is 1. The maximum atomic E-state index is 11.8. The van der Waals surface area contributed by atoms with E-state index in [0.29, 0.717) is 13.0 Å². The van der Waals surface area contributed by atoms with Gasteiger partial charge < -0.3 is 5.32 Å². The maximum absolute atomic E-state index is 11.8. The van der Waals surface area contributed by atoms with Crippen LogP contribution < -0.4 is 5.32 Å². The lowest BCUT2D eigenvalue weighted by Crippen LogP contribution is -2.25. The first-order valence-corrected chi connectivity index (χ1v) is 8.25. The van der Waals surface area contributed by atoms with E-state index >= 15 is 0 Å². The van der Waals surface area contributed by atoms with Crippen LogP contribution in [-0.2, 0) is 17.6 Å². The van der Waals surface area contributed by atoms with Gasteiger partial charge in [-0.15, -0.1) is 11.3 Å². The zero-order valence-corrected chi connectivity index (χ0v) is 13.5. The summed E-state index contributed by atoms with van der Waals surface area (Å²) in [6, 6.07) is 8.35. The van der Waals surface area contributed by atoms with Crippen LogP contribution in [0.1, 0.15) is 34.7 Å². The first-order valence-electron chi connectivity index (χ1n) is 7.37. The van der Waals surface area contributed by atoms with Crippen LogP contribution in [-0.4, -0.2) is 17.4 Å². The molecule has 21 heavy (non-hydrogen) atoms. The number of benzene rings is 1. The molecule has 4 heteroatoms. The summed E-state index contributed by atoms with van der Waals surface area (Å²) < 4.78 is 0. The molecule has 1 aromatic carbocycles. The molecule has 0 aliphatic heterocycles. The van der Waals surface area contributed by atoms with E-state index in [2.05, 4.69) is 40.8 Å². The monoisotopic (exact) mass is 302 g/mol. The van der Waals surface area contributed by atoms with E-state index < -0.39 is 0 Å². The van der Waals surface area contributed by atoms with Gasteiger partial charge in [-0.05, 0) is 37.8 Å². The van der Waals surface area contributed by atoms with Crippen molar-refractivity contribution in [3.05, 3.63) is 51.5 Å². The summed E-state index contributed by atoms with van der Waals surface area (Å²) in [4.78, 5) is 16.2. The Morgan fingerprint density at radius 1 is 1.24 bits per heavy atom. The third kappa shape index (κ3) is 5.31. The molecule has 2 rings (SSSR count). The summed E-state index contributed by atoms with van der Waals surface area (Å²) in [7, 11) is 0. The molecular formula is C17H22N2OS. The molecule has 1 heterocycles. The predicted octanol–water partition coefficient (Wildman–Crippen LogP) is 3.44. The van der Waals surface area contributed by atoms with Gasteiger partial charge in [-0.25, -0.2) is 4.98 Å². The Kier molecular flexibility index (Phi) is 5.93. The zero-order valence-electron chi connectivity index (χ0n) is 12.7. The van der Waals surface area contributed by atoms with Crippen LogP contribution in [0.2, 0.25) is 0 Å². The van der Waals surface area contributed by atoms with Crippen molar-refractivity contribution in [2.75, 3.05) is 6.54 Å². The number of thiazole rings is 1. The fraction of sp³-hybridized carbons (Fsp3) is 0.412. The van der Waals surface area contributed by atoms with Gasteiger partial charge in [-0.3, -0.25) is 4.79 Å². The van der Waals surface area contributed by atoms with Crippen molar-refractivity contribution < 1.29 is 4.79 Å². The summed E-state index contributed by atoms with van der Waals surface area (Å²) in [6.07, 6.45) is 3.26. The number of hydrogen-bond donors (Lipinski definition) is 1.